The number of carbonyl (C=O) groups excluding carboxylic acids is 1. The van der Waals surface area contributed by atoms with E-state index in [1.165, 1.54) is 11.1 Å². The first-order valence-corrected chi connectivity index (χ1v) is 13.7. The van der Waals surface area contributed by atoms with Gasteiger partial charge in [0.05, 0.1) is 6.10 Å². The Balaban J connectivity index is 1.22. The molecule has 0 radical (unpaired) electrons. The second-order valence-electron chi connectivity index (χ2n) is 11.0. The van der Waals surface area contributed by atoms with Gasteiger partial charge in [-0.25, -0.2) is 0 Å². The van der Waals surface area contributed by atoms with Gasteiger partial charge in [0.1, 0.15) is 17.3 Å². The minimum atomic E-state index is -0.442. The molecule has 10 nitrogen and oxygen atoms in total. The van der Waals surface area contributed by atoms with E-state index in [0.29, 0.717) is 31.2 Å². The minimum Gasteiger partial charge on any atom is -0.391 e. The van der Waals surface area contributed by atoms with E-state index in [4.69, 9.17) is 5.73 Å². The lowest BCUT2D eigenvalue weighted by Crippen LogP contribution is -2.45. The number of likely N-dealkylation sites (tertiary alicyclic amines) is 1. The first kappa shape index (κ1) is 25.5. The van der Waals surface area contributed by atoms with Crippen LogP contribution in [0.2, 0.25) is 0 Å². The van der Waals surface area contributed by atoms with Gasteiger partial charge in [-0.05, 0) is 55.6 Å². The molecule has 6 rings (SSSR count). The number of nitrogens with two attached hydrogens (primary N) is 1. The van der Waals surface area contributed by atoms with Gasteiger partial charge >= 0.3 is 0 Å². The van der Waals surface area contributed by atoms with Crippen LogP contribution in [0.4, 0.5) is 17.6 Å². The van der Waals surface area contributed by atoms with Crippen molar-refractivity contribution >= 4 is 23.5 Å². The molecular formula is C29H36N8O2. The van der Waals surface area contributed by atoms with Gasteiger partial charge in [-0.2, -0.15) is 9.97 Å². The number of carbonyl (C=O) groups is 1. The maximum absolute atomic E-state index is 12.7. The lowest BCUT2D eigenvalue weighted by atomic mass is 9.92. The molecule has 0 aliphatic carbocycles. The van der Waals surface area contributed by atoms with Gasteiger partial charge in [0, 0.05) is 69.7 Å². The Bertz CT molecular complexity index is 1360. The number of benzene rings is 1. The Morgan fingerprint density at radius 3 is 2.46 bits per heavy atom. The number of amides is 1. The summed E-state index contributed by atoms with van der Waals surface area (Å²) in [5.74, 6) is 1.92. The lowest BCUT2D eigenvalue weighted by Gasteiger charge is -2.37. The van der Waals surface area contributed by atoms with Crippen molar-refractivity contribution in [2.75, 3.05) is 61.8 Å². The summed E-state index contributed by atoms with van der Waals surface area (Å²) in [6.45, 7) is 7.74. The van der Waals surface area contributed by atoms with Gasteiger partial charge in [0.25, 0.3) is 5.91 Å². The quantitative estimate of drug-likeness (QED) is 0.525. The topological polar surface area (TPSA) is 115 Å². The van der Waals surface area contributed by atoms with E-state index in [-0.39, 0.29) is 11.9 Å². The molecule has 3 aromatic rings. The van der Waals surface area contributed by atoms with Gasteiger partial charge < -0.3 is 30.4 Å². The monoisotopic (exact) mass is 528 g/mol. The fourth-order valence-corrected chi connectivity index (χ4v) is 5.79. The zero-order chi connectivity index (χ0) is 27.1. The number of rotatable bonds is 4. The third-order valence-corrected chi connectivity index (χ3v) is 8.20. The molecule has 2 aromatic heterocycles. The Kier molecular flexibility index (Phi) is 6.82. The number of nitrogen functional groups attached to an aromatic ring is 1. The number of aliphatic hydroxyl groups is 1. The van der Waals surface area contributed by atoms with E-state index in [2.05, 4.69) is 67.9 Å². The summed E-state index contributed by atoms with van der Waals surface area (Å²) in [4.78, 5) is 34.9. The Labute approximate surface area is 229 Å². The number of β-amino-alcohol motifs (C(OH)–C–C–N with tert-alkyl or cyclic N) is 1. The maximum Gasteiger partial charge on any atom is 0.272 e. The predicted molar refractivity (Wildman–Crippen MR) is 152 cm³/mol. The van der Waals surface area contributed by atoms with Crippen LogP contribution in [-0.2, 0) is 13.0 Å². The molecule has 3 N–H and O–H groups in total. The molecule has 0 saturated carbocycles. The van der Waals surface area contributed by atoms with Crippen molar-refractivity contribution in [2.24, 2.45) is 0 Å². The van der Waals surface area contributed by atoms with Crippen molar-refractivity contribution in [3.63, 3.8) is 0 Å². The molecule has 5 heterocycles. The summed E-state index contributed by atoms with van der Waals surface area (Å²) in [7, 11) is 2.14. The normalized spacial score (nSPS) is 21.8. The van der Waals surface area contributed by atoms with Gasteiger partial charge in [0.15, 0.2) is 0 Å². The molecule has 1 aromatic carbocycles. The molecular weight excluding hydrogens is 492 g/mol. The number of anilines is 3. The van der Waals surface area contributed by atoms with Crippen molar-refractivity contribution in [3.8, 4) is 11.1 Å². The van der Waals surface area contributed by atoms with E-state index in [1.807, 2.05) is 6.07 Å². The van der Waals surface area contributed by atoms with Crippen LogP contribution in [0.25, 0.3) is 11.1 Å². The standard InChI is InChI=1S/C29H36N8O2/c1-19-13-20-3-4-21(22-5-6-25(31-16-22)28(39)36-8-7-24(38)18-36)14-23(20)17-37(19)27-15-26(32-29(30)33-27)35-11-9-34(2)10-12-35/h3-6,14-16,19,24,38H,7-13,17-18H2,1-2H3,(H2,30,32,33)/t19?,24-/m1/s1. The largest absolute Gasteiger partial charge is 0.391 e. The predicted octanol–water partition coefficient (Wildman–Crippen LogP) is 2.03. The van der Waals surface area contributed by atoms with Crippen LogP contribution in [-0.4, -0.2) is 94.2 Å². The zero-order valence-corrected chi connectivity index (χ0v) is 22.6. The van der Waals surface area contributed by atoms with Crippen molar-refractivity contribution in [1.82, 2.24) is 24.8 Å². The molecule has 2 atom stereocenters. The highest BCUT2D eigenvalue weighted by Gasteiger charge is 2.28. The average Bonchev–Trinajstić information content (AvgIpc) is 3.38. The zero-order valence-electron chi connectivity index (χ0n) is 22.6. The van der Waals surface area contributed by atoms with Crippen molar-refractivity contribution in [2.45, 2.75) is 38.5 Å². The fraction of sp³-hybridized carbons (Fsp3) is 0.448. The average molecular weight is 529 g/mol. The molecule has 2 fully saturated rings. The molecule has 1 amide bonds. The highest BCUT2D eigenvalue weighted by Crippen LogP contribution is 2.32. The second-order valence-corrected chi connectivity index (χ2v) is 11.0. The summed E-state index contributed by atoms with van der Waals surface area (Å²) < 4.78 is 0. The second kappa shape index (κ2) is 10.4. The minimum absolute atomic E-state index is 0.131. The Morgan fingerprint density at radius 2 is 1.74 bits per heavy atom. The Morgan fingerprint density at radius 1 is 0.974 bits per heavy atom. The highest BCUT2D eigenvalue weighted by atomic mass is 16.3. The summed E-state index contributed by atoms with van der Waals surface area (Å²) >= 11 is 0. The maximum atomic E-state index is 12.7. The van der Waals surface area contributed by atoms with Gasteiger partial charge in [-0.1, -0.05) is 18.2 Å². The van der Waals surface area contributed by atoms with E-state index < -0.39 is 6.10 Å². The summed E-state index contributed by atoms with van der Waals surface area (Å²) in [5.41, 5.74) is 11.2. The first-order chi connectivity index (χ1) is 18.8. The van der Waals surface area contributed by atoms with E-state index >= 15 is 0 Å². The highest BCUT2D eigenvalue weighted by molar-refractivity contribution is 5.92. The molecule has 2 saturated heterocycles. The van der Waals surface area contributed by atoms with Crippen LogP contribution in [0.15, 0.2) is 42.6 Å². The summed E-state index contributed by atoms with van der Waals surface area (Å²) in [5, 5.41) is 9.75. The number of aliphatic hydroxyl groups excluding tert-OH is 1. The molecule has 0 spiro atoms. The lowest BCUT2D eigenvalue weighted by molar-refractivity contribution is 0.0759. The van der Waals surface area contributed by atoms with Gasteiger partial charge in [-0.3, -0.25) is 9.78 Å². The molecule has 10 heteroatoms. The van der Waals surface area contributed by atoms with Crippen LogP contribution in [0, 0.1) is 0 Å². The molecule has 3 aliphatic heterocycles. The number of aromatic nitrogens is 3. The number of pyridine rings is 1. The summed E-state index contributed by atoms with van der Waals surface area (Å²) in [6.07, 6.45) is 2.85. The first-order valence-electron chi connectivity index (χ1n) is 13.7. The van der Waals surface area contributed by atoms with E-state index in [1.54, 1.807) is 17.2 Å². The number of fused-ring (bicyclic) bond motifs is 1. The number of nitrogens with zero attached hydrogens (tertiary/aromatic N) is 7. The SMILES string of the molecule is CC1Cc2ccc(-c3ccc(C(=O)N4CC[C@@H](O)C4)nc3)cc2CN1c1cc(N2CCN(C)CC2)nc(N)n1. The van der Waals surface area contributed by atoms with Gasteiger partial charge in [0.2, 0.25) is 5.95 Å². The Hall–Kier alpha value is -3.76. The smallest absolute Gasteiger partial charge is 0.272 e. The van der Waals surface area contributed by atoms with Gasteiger partial charge in [-0.15, -0.1) is 0 Å². The van der Waals surface area contributed by atoms with Crippen LogP contribution >= 0.6 is 0 Å². The van der Waals surface area contributed by atoms with Crippen LogP contribution in [0.1, 0.15) is 35.0 Å². The van der Waals surface area contributed by atoms with Crippen LogP contribution < -0.4 is 15.5 Å². The molecule has 3 aliphatic rings. The van der Waals surface area contributed by atoms with E-state index in [9.17, 15) is 9.90 Å². The summed E-state index contributed by atoms with van der Waals surface area (Å²) in [6, 6.07) is 12.6. The van der Waals surface area contributed by atoms with Crippen molar-refractivity contribution in [3.05, 3.63) is 59.4 Å². The number of piperazine rings is 1. The van der Waals surface area contributed by atoms with Crippen molar-refractivity contribution in [1.29, 1.82) is 0 Å². The molecule has 0 bridgehead atoms. The third-order valence-electron chi connectivity index (χ3n) is 8.20. The molecule has 204 valence electrons. The van der Waals surface area contributed by atoms with Crippen molar-refractivity contribution < 1.29 is 9.90 Å². The molecule has 39 heavy (non-hydrogen) atoms. The molecule has 1 unspecified atom stereocenters. The number of likely N-dealkylation sites (N-methyl/N-ethyl adjacent to an activating group) is 1. The third kappa shape index (κ3) is 5.26. The number of hydrogen-bond acceptors (Lipinski definition) is 9. The fourth-order valence-electron chi connectivity index (χ4n) is 5.79. The number of hydrogen-bond donors (Lipinski definition) is 2. The van der Waals surface area contributed by atoms with E-state index in [0.717, 1.165) is 61.9 Å². The van der Waals surface area contributed by atoms with Crippen LogP contribution in [0.3, 0.4) is 0 Å². The van der Waals surface area contributed by atoms with Crippen LogP contribution in [0.5, 0.6) is 0 Å².